The number of piperidine rings is 1. The molecule has 54 valence electrons. The molecule has 1 aliphatic heterocycles. The van der Waals surface area contributed by atoms with Gasteiger partial charge in [-0.25, -0.2) is 0 Å². The van der Waals surface area contributed by atoms with Gasteiger partial charge in [-0.05, 0) is 26.8 Å². The highest BCUT2D eigenvalue weighted by Crippen LogP contribution is 2.19. The first-order valence-corrected chi connectivity index (χ1v) is 3.51. The van der Waals surface area contributed by atoms with Crippen LogP contribution in [-0.2, 0) is 0 Å². The normalized spacial score (nSPS) is 28.3. The summed E-state index contributed by atoms with van der Waals surface area (Å²) in [7, 11) is 2.09. The molecule has 0 bridgehead atoms. The Morgan fingerprint density at radius 1 is 1.33 bits per heavy atom. The lowest BCUT2D eigenvalue weighted by atomic mass is 9.94. The summed E-state index contributed by atoms with van der Waals surface area (Å²) in [4.78, 5) is 2.25. The highest BCUT2D eigenvalue weighted by molar-refractivity contribution is 4.79. The molecule has 0 aromatic carbocycles. The van der Waals surface area contributed by atoms with Crippen LogP contribution in [0.1, 0.15) is 19.8 Å². The van der Waals surface area contributed by atoms with Gasteiger partial charge in [-0.3, -0.25) is 0 Å². The van der Waals surface area contributed by atoms with Crippen LogP contribution in [-0.4, -0.2) is 35.7 Å². The minimum absolute atomic E-state index is 0.382. The standard InChI is InChI=1S/C7H15NO/c1-7(9)3-5-8(2)6-4-7/h9H,3-6H2,1-2H3. The fraction of sp³-hybridized carbons (Fsp3) is 1.00. The van der Waals surface area contributed by atoms with Gasteiger partial charge in [0.1, 0.15) is 0 Å². The van der Waals surface area contributed by atoms with Crippen LogP contribution < -0.4 is 0 Å². The Morgan fingerprint density at radius 2 is 1.78 bits per heavy atom. The summed E-state index contributed by atoms with van der Waals surface area (Å²) in [5, 5.41) is 9.47. The lowest BCUT2D eigenvalue weighted by Crippen LogP contribution is -2.40. The van der Waals surface area contributed by atoms with E-state index in [1.807, 2.05) is 6.92 Å². The van der Waals surface area contributed by atoms with Crippen LogP contribution in [0.5, 0.6) is 0 Å². The van der Waals surface area contributed by atoms with E-state index >= 15 is 0 Å². The molecule has 0 amide bonds. The Balaban J connectivity index is 2.35. The van der Waals surface area contributed by atoms with Gasteiger partial charge in [0.15, 0.2) is 0 Å². The molecule has 0 aromatic rings. The van der Waals surface area contributed by atoms with Crippen molar-refractivity contribution in [3.05, 3.63) is 0 Å². The van der Waals surface area contributed by atoms with Crippen LogP contribution in [0.4, 0.5) is 0 Å². The number of aliphatic hydroxyl groups is 1. The van der Waals surface area contributed by atoms with Crippen molar-refractivity contribution in [3.8, 4) is 0 Å². The lowest BCUT2D eigenvalue weighted by molar-refractivity contribution is 0.00100. The third-order valence-corrected chi connectivity index (χ3v) is 2.06. The van der Waals surface area contributed by atoms with Crippen LogP contribution in [0.3, 0.4) is 0 Å². The highest BCUT2D eigenvalue weighted by atomic mass is 16.3. The third kappa shape index (κ3) is 1.95. The molecule has 0 radical (unpaired) electrons. The first-order valence-electron chi connectivity index (χ1n) is 3.51. The quantitative estimate of drug-likeness (QED) is 0.513. The van der Waals surface area contributed by atoms with E-state index in [-0.39, 0.29) is 5.60 Å². The monoisotopic (exact) mass is 129 g/mol. The molecule has 2 heteroatoms. The second-order valence-corrected chi connectivity index (χ2v) is 3.30. The lowest BCUT2D eigenvalue weighted by Gasteiger charge is -2.33. The fourth-order valence-electron chi connectivity index (χ4n) is 1.10. The van der Waals surface area contributed by atoms with Crippen molar-refractivity contribution >= 4 is 0 Å². The average molecular weight is 129 g/mol. The average Bonchev–Trinajstić information content (AvgIpc) is 1.78. The van der Waals surface area contributed by atoms with E-state index in [0.717, 1.165) is 25.9 Å². The van der Waals surface area contributed by atoms with E-state index in [1.165, 1.54) is 0 Å². The first-order chi connectivity index (χ1) is 4.10. The molecule has 1 fully saturated rings. The predicted octanol–water partition coefficient (Wildman–Crippen LogP) is 0.463. The van der Waals surface area contributed by atoms with Gasteiger partial charge in [-0.1, -0.05) is 0 Å². The third-order valence-electron chi connectivity index (χ3n) is 2.06. The molecule has 1 N–H and O–H groups in total. The molecule has 1 aliphatic rings. The van der Waals surface area contributed by atoms with E-state index in [1.54, 1.807) is 0 Å². The molecule has 9 heavy (non-hydrogen) atoms. The molecular formula is C7H15NO. The highest BCUT2D eigenvalue weighted by Gasteiger charge is 2.24. The summed E-state index contributed by atoms with van der Waals surface area (Å²) in [5.74, 6) is 0. The number of hydrogen-bond acceptors (Lipinski definition) is 2. The molecule has 1 heterocycles. The van der Waals surface area contributed by atoms with Crippen LogP contribution >= 0.6 is 0 Å². The van der Waals surface area contributed by atoms with Crippen LogP contribution in [0.2, 0.25) is 0 Å². The zero-order valence-corrected chi connectivity index (χ0v) is 6.22. The molecule has 0 aromatic heterocycles. The zero-order chi connectivity index (χ0) is 6.91. The Labute approximate surface area is 56.5 Å². The predicted molar refractivity (Wildman–Crippen MR) is 37.4 cm³/mol. The number of rotatable bonds is 0. The fourth-order valence-corrected chi connectivity index (χ4v) is 1.10. The summed E-state index contributed by atoms with van der Waals surface area (Å²) >= 11 is 0. The Morgan fingerprint density at radius 3 is 2.11 bits per heavy atom. The number of likely N-dealkylation sites (tertiary alicyclic amines) is 1. The van der Waals surface area contributed by atoms with Crippen molar-refractivity contribution in [2.75, 3.05) is 20.1 Å². The van der Waals surface area contributed by atoms with Crippen molar-refractivity contribution < 1.29 is 5.11 Å². The van der Waals surface area contributed by atoms with Gasteiger partial charge in [0.05, 0.1) is 5.60 Å². The number of hydrogen-bond donors (Lipinski definition) is 1. The Hall–Kier alpha value is -0.0800. The molecule has 0 atom stereocenters. The molecule has 2 nitrogen and oxygen atoms in total. The van der Waals surface area contributed by atoms with Crippen molar-refractivity contribution in [1.82, 2.24) is 4.90 Å². The zero-order valence-electron chi connectivity index (χ0n) is 6.22. The summed E-state index contributed by atoms with van der Waals surface area (Å²) in [6, 6.07) is 0. The topological polar surface area (TPSA) is 23.5 Å². The van der Waals surface area contributed by atoms with E-state index in [9.17, 15) is 5.11 Å². The Bertz CT molecular complexity index is 91.1. The first kappa shape index (κ1) is 7.03. The molecule has 0 spiro atoms. The molecule has 1 saturated heterocycles. The second kappa shape index (κ2) is 2.27. The van der Waals surface area contributed by atoms with E-state index < -0.39 is 0 Å². The van der Waals surface area contributed by atoms with E-state index in [2.05, 4.69) is 11.9 Å². The van der Waals surface area contributed by atoms with Crippen molar-refractivity contribution in [3.63, 3.8) is 0 Å². The maximum atomic E-state index is 9.47. The maximum absolute atomic E-state index is 9.47. The largest absolute Gasteiger partial charge is 0.390 e. The van der Waals surface area contributed by atoms with Gasteiger partial charge in [-0.15, -0.1) is 0 Å². The maximum Gasteiger partial charge on any atom is 0.0644 e. The van der Waals surface area contributed by atoms with Crippen molar-refractivity contribution in [2.24, 2.45) is 0 Å². The smallest absolute Gasteiger partial charge is 0.0644 e. The van der Waals surface area contributed by atoms with Gasteiger partial charge in [0.25, 0.3) is 0 Å². The minimum atomic E-state index is -0.382. The van der Waals surface area contributed by atoms with Crippen LogP contribution in [0.25, 0.3) is 0 Å². The summed E-state index contributed by atoms with van der Waals surface area (Å²) < 4.78 is 0. The van der Waals surface area contributed by atoms with Gasteiger partial charge < -0.3 is 10.0 Å². The van der Waals surface area contributed by atoms with Gasteiger partial charge in [0, 0.05) is 13.1 Å². The van der Waals surface area contributed by atoms with Crippen molar-refractivity contribution in [1.29, 1.82) is 0 Å². The van der Waals surface area contributed by atoms with Crippen LogP contribution in [0, 0.1) is 0 Å². The number of nitrogens with zero attached hydrogens (tertiary/aromatic N) is 1. The van der Waals surface area contributed by atoms with Gasteiger partial charge >= 0.3 is 0 Å². The summed E-state index contributed by atoms with van der Waals surface area (Å²) in [6.45, 7) is 3.99. The minimum Gasteiger partial charge on any atom is -0.390 e. The molecule has 0 unspecified atom stereocenters. The van der Waals surface area contributed by atoms with E-state index in [4.69, 9.17) is 0 Å². The Kier molecular flexibility index (Phi) is 1.78. The van der Waals surface area contributed by atoms with Crippen molar-refractivity contribution in [2.45, 2.75) is 25.4 Å². The molecule has 0 aliphatic carbocycles. The van der Waals surface area contributed by atoms with Crippen LogP contribution in [0.15, 0.2) is 0 Å². The van der Waals surface area contributed by atoms with E-state index in [0.29, 0.717) is 0 Å². The SMILES string of the molecule is CN1CCC(C)(O)CC1. The molecule has 0 saturated carbocycles. The summed E-state index contributed by atoms with van der Waals surface area (Å²) in [5.41, 5.74) is -0.382. The van der Waals surface area contributed by atoms with Gasteiger partial charge in [-0.2, -0.15) is 0 Å². The summed E-state index contributed by atoms with van der Waals surface area (Å²) in [6.07, 6.45) is 1.84. The second-order valence-electron chi connectivity index (χ2n) is 3.30. The van der Waals surface area contributed by atoms with Gasteiger partial charge in [0.2, 0.25) is 0 Å². The molecule has 1 rings (SSSR count). The molecular weight excluding hydrogens is 114 g/mol.